The minimum absolute atomic E-state index is 0. The minimum atomic E-state index is 0. The van der Waals surface area contributed by atoms with Crippen molar-refractivity contribution in [1.82, 2.24) is 0 Å². The van der Waals surface area contributed by atoms with Gasteiger partial charge in [-0.05, 0) is 0 Å². The summed E-state index contributed by atoms with van der Waals surface area (Å²) in [6, 6.07) is 0. The van der Waals surface area contributed by atoms with E-state index in [9.17, 15) is 0 Å². The van der Waals surface area contributed by atoms with Gasteiger partial charge in [0.05, 0.1) is 0 Å². The Balaban J connectivity index is 0.000000160. The Morgan fingerprint density at radius 2 is 1.80 bits per heavy atom. The zero-order valence-electron chi connectivity index (χ0n) is 3.49. The maximum atomic E-state index is 2.99. The number of allylic oxidation sites excluding steroid dienone is 2. The molecule has 0 heterocycles. The first kappa shape index (κ1) is 5.34. The van der Waals surface area contributed by atoms with E-state index in [2.05, 4.69) is 12.2 Å². The first-order valence-electron chi connectivity index (χ1n) is 1.55. The molecular formula is C4H5Li. The topological polar surface area (TPSA) is 0 Å². The van der Waals surface area contributed by atoms with Gasteiger partial charge in [-0.15, -0.1) is 0 Å². The minimum Gasteiger partial charge on any atom is -0.500 e. The quantitative estimate of drug-likeness (QED) is 0.227. The Morgan fingerprint density at radius 3 is 1.80 bits per heavy atom. The maximum absolute atomic E-state index is 2.99. The second kappa shape index (κ2) is 2.57. The van der Waals surface area contributed by atoms with E-state index >= 15 is 0 Å². The van der Waals surface area contributed by atoms with E-state index in [0.29, 0.717) is 0 Å². The maximum Gasteiger partial charge on any atom is 1.00 e. The largest absolute Gasteiger partial charge is 1.00 e. The van der Waals surface area contributed by atoms with Gasteiger partial charge in [-0.1, -0.05) is 6.42 Å². The molecule has 0 spiro atoms. The van der Waals surface area contributed by atoms with E-state index in [1.54, 1.807) is 0 Å². The average molecular weight is 60.0 g/mol. The molecular weight excluding hydrogens is 55.0 g/mol. The third-order valence-corrected chi connectivity index (χ3v) is 0.577. The molecule has 0 atom stereocenters. The van der Waals surface area contributed by atoms with Gasteiger partial charge in [-0.3, -0.25) is 6.08 Å². The van der Waals surface area contributed by atoms with Crippen molar-refractivity contribution in [3.8, 4) is 0 Å². The zero-order valence-corrected chi connectivity index (χ0v) is 3.49. The summed E-state index contributed by atoms with van der Waals surface area (Å²) in [5.74, 6) is 0. The van der Waals surface area contributed by atoms with E-state index in [1.165, 1.54) is 12.8 Å². The van der Waals surface area contributed by atoms with Crippen LogP contribution in [0.5, 0.6) is 0 Å². The van der Waals surface area contributed by atoms with E-state index in [1.807, 2.05) is 0 Å². The van der Waals surface area contributed by atoms with Crippen LogP contribution >= 0.6 is 0 Å². The molecule has 0 unspecified atom stereocenters. The number of hydrogen-bond donors (Lipinski definition) is 0. The van der Waals surface area contributed by atoms with E-state index in [4.69, 9.17) is 0 Å². The molecule has 0 nitrogen and oxygen atoms in total. The first-order chi connectivity index (χ1) is 2.00. The van der Waals surface area contributed by atoms with Crippen molar-refractivity contribution in [1.29, 1.82) is 0 Å². The third-order valence-electron chi connectivity index (χ3n) is 0.577. The second-order valence-corrected chi connectivity index (χ2v) is 0.947. The van der Waals surface area contributed by atoms with Crippen LogP contribution in [0.25, 0.3) is 0 Å². The predicted molar refractivity (Wildman–Crippen MR) is 17.0 cm³/mol. The molecule has 0 saturated carbocycles. The van der Waals surface area contributed by atoms with Crippen LogP contribution in [0.2, 0.25) is 0 Å². The molecule has 0 radical (unpaired) electrons. The molecule has 0 bridgehead atoms. The zero-order chi connectivity index (χ0) is 2.83. The van der Waals surface area contributed by atoms with Crippen LogP contribution in [0.3, 0.4) is 0 Å². The molecule has 0 fully saturated rings. The summed E-state index contributed by atoms with van der Waals surface area (Å²) in [5.41, 5.74) is 0. The van der Waals surface area contributed by atoms with E-state index < -0.39 is 0 Å². The van der Waals surface area contributed by atoms with Crippen LogP contribution in [0, 0.1) is 6.08 Å². The summed E-state index contributed by atoms with van der Waals surface area (Å²) < 4.78 is 0. The SMILES string of the molecule is [C-]1=CCC1.[Li+]. The molecule has 22 valence electrons. The van der Waals surface area contributed by atoms with Crippen molar-refractivity contribution in [2.75, 3.05) is 0 Å². The summed E-state index contributed by atoms with van der Waals surface area (Å²) in [5, 5.41) is 0. The van der Waals surface area contributed by atoms with Gasteiger partial charge in [-0.25, -0.2) is 0 Å². The van der Waals surface area contributed by atoms with Crippen molar-refractivity contribution in [2.45, 2.75) is 12.8 Å². The smallest absolute Gasteiger partial charge is 0.500 e. The molecule has 0 aromatic heterocycles. The van der Waals surface area contributed by atoms with Crippen molar-refractivity contribution in [3.63, 3.8) is 0 Å². The predicted octanol–water partition coefficient (Wildman–Crippen LogP) is -1.86. The molecule has 0 aromatic rings. The fourth-order valence-corrected chi connectivity index (χ4v) is 0.144. The van der Waals surface area contributed by atoms with Gasteiger partial charge in [0, 0.05) is 0 Å². The van der Waals surface area contributed by atoms with Crippen LogP contribution in [0.1, 0.15) is 12.8 Å². The molecule has 1 rings (SSSR count). The Labute approximate surface area is 44.4 Å². The molecule has 0 amide bonds. The molecule has 1 heteroatoms. The molecule has 0 aromatic carbocycles. The van der Waals surface area contributed by atoms with Gasteiger partial charge in [0.1, 0.15) is 0 Å². The molecule has 1 aliphatic carbocycles. The molecule has 0 saturated heterocycles. The van der Waals surface area contributed by atoms with Crippen LogP contribution < -0.4 is 18.9 Å². The summed E-state index contributed by atoms with van der Waals surface area (Å²) in [7, 11) is 0. The van der Waals surface area contributed by atoms with Gasteiger partial charge >= 0.3 is 18.9 Å². The first-order valence-corrected chi connectivity index (χ1v) is 1.55. The number of hydrogen-bond acceptors (Lipinski definition) is 0. The van der Waals surface area contributed by atoms with Gasteiger partial charge in [-0.2, -0.15) is 6.42 Å². The summed E-state index contributed by atoms with van der Waals surface area (Å²) >= 11 is 0. The van der Waals surface area contributed by atoms with Gasteiger partial charge in [0.2, 0.25) is 0 Å². The normalized spacial score (nSPS) is 16.0. The van der Waals surface area contributed by atoms with Crippen LogP contribution in [0.4, 0.5) is 0 Å². The Kier molecular flexibility index (Phi) is 2.74. The summed E-state index contributed by atoms with van der Waals surface area (Å²) in [6.45, 7) is 0. The molecule has 0 aliphatic heterocycles. The van der Waals surface area contributed by atoms with Crippen LogP contribution in [0.15, 0.2) is 6.08 Å². The van der Waals surface area contributed by atoms with E-state index in [0.717, 1.165) is 0 Å². The monoisotopic (exact) mass is 60.1 g/mol. The standard InChI is InChI=1S/C4H5.Li/c1-2-4-3-1;/h1H,2,4H2;/q-1;+1. The summed E-state index contributed by atoms with van der Waals surface area (Å²) in [4.78, 5) is 0. The Hall–Kier alpha value is 0.337. The average Bonchev–Trinajstić information content (AvgIpc) is 0.722. The van der Waals surface area contributed by atoms with Crippen molar-refractivity contribution in [2.24, 2.45) is 0 Å². The molecule has 1 aliphatic rings. The molecule has 0 N–H and O–H groups in total. The van der Waals surface area contributed by atoms with Gasteiger partial charge < -0.3 is 6.08 Å². The molecule has 5 heavy (non-hydrogen) atoms. The fourth-order valence-electron chi connectivity index (χ4n) is 0.144. The van der Waals surface area contributed by atoms with Crippen LogP contribution in [-0.2, 0) is 0 Å². The van der Waals surface area contributed by atoms with Gasteiger partial charge in [0.25, 0.3) is 0 Å². The number of rotatable bonds is 0. The van der Waals surface area contributed by atoms with Crippen LogP contribution in [-0.4, -0.2) is 0 Å². The Morgan fingerprint density at radius 1 is 1.60 bits per heavy atom. The van der Waals surface area contributed by atoms with Gasteiger partial charge in [0.15, 0.2) is 0 Å². The fraction of sp³-hybridized carbons (Fsp3) is 0.500. The second-order valence-electron chi connectivity index (χ2n) is 0.947. The van der Waals surface area contributed by atoms with Crippen molar-refractivity contribution < 1.29 is 18.9 Å². The Bertz CT molecular complexity index is 32.9. The third kappa shape index (κ3) is 1.26. The van der Waals surface area contributed by atoms with E-state index in [-0.39, 0.29) is 18.9 Å². The van der Waals surface area contributed by atoms with Crippen molar-refractivity contribution >= 4 is 0 Å². The van der Waals surface area contributed by atoms with Crippen molar-refractivity contribution in [3.05, 3.63) is 12.2 Å². The summed E-state index contributed by atoms with van der Waals surface area (Å²) in [6.07, 6.45) is 7.50.